The predicted octanol–water partition coefficient (Wildman–Crippen LogP) is 5.01. The summed E-state index contributed by atoms with van der Waals surface area (Å²) in [6.07, 6.45) is -6.14. The summed E-state index contributed by atoms with van der Waals surface area (Å²) in [5.74, 6) is -1.46. The minimum Gasteiger partial charge on any atom is -0.406 e. The van der Waals surface area contributed by atoms with Gasteiger partial charge in [-0.2, -0.15) is 13.2 Å². The number of rotatable bonds is 4. The maximum absolute atomic E-state index is 12.8. The molecule has 0 bridgehead atoms. The Balaban J connectivity index is 1.42. The second-order valence-electron chi connectivity index (χ2n) is 7.25. The van der Waals surface area contributed by atoms with Crippen molar-refractivity contribution in [1.29, 1.82) is 0 Å². The van der Waals surface area contributed by atoms with Gasteiger partial charge in [0.2, 0.25) is 5.82 Å². The van der Waals surface area contributed by atoms with Gasteiger partial charge in [0.05, 0.1) is 11.4 Å². The minimum absolute atomic E-state index is 0.330. The Hall–Kier alpha value is -3.21. The molecule has 11 heteroatoms. The molecule has 32 heavy (non-hydrogen) atoms. The number of aromatic nitrogens is 3. The van der Waals surface area contributed by atoms with Crippen LogP contribution in [0.1, 0.15) is 22.6 Å². The van der Waals surface area contributed by atoms with E-state index in [0.29, 0.717) is 48.6 Å². The number of fused-ring (bicyclic) bond motifs is 1. The summed E-state index contributed by atoms with van der Waals surface area (Å²) in [6.45, 7) is 1.44. The van der Waals surface area contributed by atoms with Gasteiger partial charge in [0, 0.05) is 49.6 Å². The van der Waals surface area contributed by atoms with E-state index >= 15 is 0 Å². The molecule has 1 aliphatic heterocycles. The van der Waals surface area contributed by atoms with Gasteiger partial charge in [0.15, 0.2) is 0 Å². The van der Waals surface area contributed by atoms with Crippen LogP contribution in [0.3, 0.4) is 0 Å². The number of benzene rings is 1. The first-order valence-electron chi connectivity index (χ1n) is 9.52. The third-order valence-electron chi connectivity index (χ3n) is 4.86. The van der Waals surface area contributed by atoms with Crippen LogP contribution in [0, 0.1) is 0 Å². The molecule has 0 atom stereocenters. The number of alkyl halides is 6. The van der Waals surface area contributed by atoms with Gasteiger partial charge in [-0.1, -0.05) is 18.2 Å². The fourth-order valence-electron chi connectivity index (χ4n) is 3.45. The Labute approximate surface area is 178 Å². The van der Waals surface area contributed by atoms with Crippen molar-refractivity contribution in [3.8, 4) is 17.0 Å². The monoisotopic (exact) mass is 454 g/mol. The highest BCUT2D eigenvalue weighted by atomic mass is 19.4. The van der Waals surface area contributed by atoms with Gasteiger partial charge < -0.3 is 4.74 Å². The Morgan fingerprint density at radius 3 is 2.47 bits per heavy atom. The largest absolute Gasteiger partial charge is 0.573 e. The summed E-state index contributed by atoms with van der Waals surface area (Å²) < 4.78 is 79.5. The smallest absolute Gasteiger partial charge is 0.406 e. The van der Waals surface area contributed by atoms with E-state index in [4.69, 9.17) is 0 Å². The maximum Gasteiger partial charge on any atom is 0.573 e. The maximum atomic E-state index is 12.8. The van der Waals surface area contributed by atoms with Gasteiger partial charge in [-0.3, -0.25) is 9.88 Å². The van der Waals surface area contributed by atoms with E-state index in [9.17, 15) is 26.3 Å². The predicted molar refractivity (Wildman–Crippen MR) is 101 cm³/mol. The molecule has 4 rings (SSSR count). The average Bonchev–Trinajstić information content (AvgIpc) is 2.72. The zero-order valence-electron chi connectivity index (χ0n) is 16.4. The third kappa shape index (κ3) is 5.34. The third-order valence-corrected chi connectivity index (χ3v) is 4.86. The number of halogens is 6. The average molecular weight is 454 g/mol. The quantitative estimate of drug-likeness (QED) is 0.519. The molecule has 0 radical (unpaired) electrons. The molecule has 0 unspecified atom stereocenters. The first-order valence-corrected chi connectivity index (χ1v) is 9.52. The van der Waals surface area contributed by atoms with E-state index in [0.717, 1.165) is 5.56 Å². The van der Waals surface area contributed by atoms with Crippen LogP contribution in [0.4, 0.5) is 26.3 Å². The number of hydrogen-bond acceptors (Lipinski definition) is 5. The van der Waals surface area contributed by atoms with Crippen LogP contribution in [-0.4, -0.2) is 32.8 Å². The normalized spacial score (nSPS) is 14.8. The molecule has 0 N–H and O–H groups in total. The van der Waals surface area contributed by atoms with Crippen molar-refractivity contribution in [1.82, 2.24) is 19.9 Å². The number of nitrogens with zero attached hydrogens (tertiary/aromatic N) is 4. The van der Waals surface area contributed by atoms with Crippen LogP contribution in [0.15, 0.2) is 48.8 Å². The lowest BCUT2D eigenvalue weighted by atomic mass is 10.1. The first-order chi connectivity index (χ1) is 15.1. The van der Waals surface area contributed by atoms with Gasteiger partial charge in [-0.15, -0.1) is 13.2 Å². The zero-order valence-corrected chi connectivity index (χ0v) is 16.4. The number of ether oxygens (including phenoxy) is 1. The lowest BCUT2D eigenvalue weighted by molar-refractivity contribution is -0.274. The number of pyridine rings is 1. The van der Waals surface area contributed by atoms with E-state index in [-0.39, 0.29) is 5.75 Å². The molecule has 0 aliphatic carbocycles. The van der Waals surface area contributed by atoms with Crippen molar-refractivity contribution in [2.75, 3.05) is 6.54 Å². The van der Waals surface area contributed by atoms with Gasteiger partial charge in [-0.25, -0.2) is 9.97 Å². The summed E-state index contributed by atoms with van der Waals surface area (Å²) in [4.78, 5) is 13.4. The Morgan fingerprint density at radius 1 is 0.969 bits per heavy atom. The molecule has 2 aromatic heterocycles. The second kappa shape index (κ2) is 8.38. The van der Waals surface area contributed by atoms with Crippen LogP contribution >= 0.6 is 0 Å². The van der Waals surface area contributed by atoms with Crippen LogP contribution in [0.25, 0.3) is 11.3 Å². The summed E-state index contributed by atoms with van der Waals surface area (Å²) in [5, 5.41) is 0. The summed E-state index contributed by atoms with van der Waals surface area (Å²) >= 11 is 0. The second-order valence-corrected chi connectivity index (χ2v) is 7.25. The highest BCUT2D eigenvalue weighted by Gasteiger charge is 2.35. The minimum atomic E-state index is -4.78. The van der Waals surface area contributed by atoms with Crippen LogP contribution in [0.5, 0.6) is 5.75 Å². The molecule has 168 valence electrons. The van der Waals surface area contributed by atoms with E-state index in [1.807, 2.05) is 4.90 Å². The van der Waals surface area contributed by atoms with Crippen molar-refractivity contribution in [3.63, 3.8) is 0 Å². The van der Waals surface area contributed by atoms with Crippen molar-refractivity contribution in [2.45, 2.75) is 32.0 Å². The molecule has 0 spiro atoms. The van der Waals surface area contributed by atoms with Gasteiger partial charge in [-0.05, 0) is 23.8 Å². The Bertz CT molecular complexity index is 1100. The molecular weight excluding hydrogens is 438 g/mol. The van der Waals surface area contributed by atoms with E-state index in [1.165, 1.54) is 24.4 Å². The molecule has 1 aromatic carbocycles. The summed E-state index contributed by atoms with van der Waals surface area (Å²) in [6, 6.07) is 9.04. The van der Waals surface area contributed by atoms with Gasteiger partial charge >= 0.3 is 12.5 Å². The molecule has 1 aliphatic rings. The number of hydrogen-bond donors (Lipinski definition) is 0. The lowest BCUT2D eigenvalue weighted by Crippen LogP contribution is -2.31. The molecule has 0 saturated heterocycles. The van der Waals surface area contributed by atoms with Gasteiger partial charge in [0.25, 0.3) is 0 Å². The molecule has 0 fully saturated rings. The van der Waals surface area contributed by atoms with Crippen LogP contribution in [-0.2, 0) is 25.7 Å². The Kier molecular flexibility index (Phi) is 5.76. The van der Waals surface area contributed by atoms with Crippen molar-refractivity contribution >= 4 is 0 Å². The van der Waals surface area contributed by atoms with Crippen molar-refractivity contribution in [3.05, 3.63) is 71.4 Å². The fourth-order valence-corrected chi connectivity index (χ4v) is 3.45. The van der Waals surface area contributed by atoms with E-state index < -0.39 is 18.4 Å². The van der Waals surface area contributed by atoms with E-state index in [1.54, 1.807) is 24.4 Å². The molecule has 0 saturated carbocycles. The zero-order chi connectivity index (χ0) is 22.9. The SMILES string of the molecule is FC(F)(F)Oc1cccc(-c2ccc(CN3CCc4nc(C(F)(F)F)ncc4C3)cn2)c1. The summed E-state index contributed by atoms with van der Waals surface area (Å²) in [7, 11) is 0. The summed E-state index contributed by atoms with van der Waals surface area (Å²) in [5.41, 5.74) is 2.86. The highest BCUT2D eigenvalue weighted by Crippen LogP contribution is 2.29. The molecule has 5 nitrogen and oxygen atoms in total. The Morgan fingerprint density at radius 2 is 1.78 bits per heavy atom. The topological polar surface area (TPSA) is 51.1 Å². The molecular formula is C21H16F6N4O. The van der Waals surface area contributed by atoms with Gasteiger partial charge in [0.1, 0.15) is 5.75 Å². The first kappa shape index (κ1) is 22.0. The fraction of sp³-hybridized carbons (Fsp3) is 0.286. The molecule has 3 heterocycles. The highest BCUT2D eigenvalue weighted by molar-refractivity contribution is 5.61. The van der Waals surface area contributed by atoms with Crippen molar-refractivity contribution < 1.29 is 31.1 Å². The van der Waals surface area contributed by atoms with Crippen LogP contribution < -0.4 is 4.74 Å². The van der Waals surface area contributed by atoms with Crippen LogP contribution in [0.2, 0.25) is 0 Å². The van der Waals surface area contributed by atoms with Crippen molar-refractivity contribution in [2.24, 2.45) is 0 Å². The molecule has 3 aromatic rings. The standard InChI is InChI=1S/C21H16F6N4O/c22-20(23,24)19-29-10-15-12-31(7-6-18(15)30-19)11-13-4-5-17(28-9-13)14-2-1-3-16(8-14)32-21(25,26)27/h1-5,8-10H,6-7,11-12H2. The lowest BCUT2D eigenvalue weighted by Gasteiger charge is -2.28. The van der Waals surface area contributed by atoms with E-state index in [2.05, 4.69) is 19.7 Å². The molecule has 0 amide bonds.